The molecule has 0 bridgehead atoms. The number of likely N-dealkylation sites (tertiary alicyclic amines) is 1. The summed E-state index contributed by atoms with van der Waals surface area (Å²) in [5.41, 5.74) is 0.266. The van der Waals surface area contributed by atoms with Crippen LogP contribution in [0.3, 0.4) is 0 Å². The van der Waals surface area contributed by atoms with Crippen LogP contribution in [-0.4, -0.2) is 51.3 Å². The van der Waals surface area contributed by atoms with E-state index in [1.54, 1.807) is 53.6 Å². The van der Waals surface area contributed by atoms with Crippen molar-refractivity contribution < 1.29 is 14.4 Å². The van der Waals surface area contributed by atoms with Gasteiger partial charge in [0.1, 0.15) is 11.2 Å². The molecular formula is C20H19ClN4O3. The van der Waals surface area contributed by atoms with E-state index in [9.17, 15) is 14.4 Å². The van der Waals surface area contributed by atoms with Gasteiger partial charge in [-0.05, 0) is 42.7 Å². The molecule has 2 fully saturated rings. The van der Waals surface area contributed by atoms with E-state index in [0.29, 0.717) is 36.6 Å². The largest absolute Gasteiger partial charge is 0.337 e. The number of nitrogens with one attached hydrogen (secondary N) is 1. The monoisotopic (exact) mass is 398 g/mol. The van der Waals surface area contributed by atoms with E-state index in [1.165, 1.54) is 4.90 Å². The first-order chi connectivity index (χ1) is 13.5. The Labute approximate surface area is 167 Å². The lowest BCUT2D eigenvalue weighted by Gasteiger charge is -2.37. The number of urea groups is 1. The minimum atomic E-state index is -0.940. The molecule has 1 aromatic heterocycles. The molecule has 2 aliphatic heterocycles. The third-order valence-electron chi connectivity index (χ3n) is 5.29. The number of aromatic nitrogens is 1. The summed E-state index contributed by atoms with van der Waals surface area (Å²) in [7, 11) is 0. The lowest BCUT2D eigenvalue weighted by molar-refractivity contribution is -0.133. The number of hydrogen-bond donors (Lipinski definition) is 1. The van der Waals surface area contributed by atoms with Crippen LogP contribution in [0.2, 0.25) is 5.02 Å². The molecule has 0 radical (unpaired) electrons. The Morgan fingerprint density at radius 3 is 2.46 bits per heavy atom. The second kappa shape index (κ2) is 7.24. The lowest BCUT2D eigenvalue weighted by atomic mass is 9.87. The van der Waals surface area contributed by atoms with Gasteiger partial charge >= 0.3 is 6.03 Å². The summed E-state index contributed by atoms with van der Waals surface area (Å²) in [6, 6.07) is 11.8. The Bertz CT molecular complexity index is 909. The van der Waals surface area contributed by atoms with Gasteiger partial charge in [0.2, 0.25) is 0 Å². The van der Waals surface area contributed by atoms with Gasteiger partial charge in [-0.1, -0.05) is 29.8 Å². The molecule has 2 aromatic rings. The molecule has 28 heavy (non-hydrogen) atoms. The number of carbonyl (C=O) groups is 3. The van der Waals surface area contributed by atoms with Gasteiger partial charge in [0, 0.05) is 24.3 Å². The van der Waals surface area contributed by atoms with Gasteiger partial charge in [0.05, 0.1) is 6.54 Å². The zero-order valence-corrected chi connectivity index (χ0v) is 15.9. The highest BCUT2D eigenvalue weighted by Gasteiger charge is 2.52. The predicted octanol–water partition coefficient (Wildman–Crippen LogP) is 2.46. The predicted molar refractivity (Wildman–Crippen MR) is 103 cm³/mol. The van der Waals surface area contributed by atoms with E-state index in [2.05, 4.69) is 10.3 Å². The topological polar surface area (TPSA) is 82.6 Å². The normalized spacial score (nSPS) is 18.5. The van der Waals surface area contributed by atoms with Crippen molar-refractivity contribution in [1.82, 2.24) is 20.1 Å². The van der Waals surface area contributed by atoms with Gasteiger partial charge in [-0.25, -0.2) is 4.79 Å². The maximum atomic E-state index is 13.0. The molecule has 2 aliphatic rings. The third-order valence-corrected chi connectivity index (χ3v) is 5.54. The van der Waals surface area contributed by atoms with Crippen LogP contribution < -0.4 is 5.32 Å². The average Bonchev–Trinajstić information content (AvgIpc) is 2.94. The Morgan fingerprint density at radius 2 is 1.82 bits per heavy atom. The molecule has 0 aliphatic carbocycles. The van der Waals surface area contributed by atoms with E-state index in [1.807, 2.05) is 0 Å². The van der Waals surface area contributed by atoms with Crippen LogP contribution in [0.15, 0.2) is 48.7 Å². The van der Waals surface area contributed by atoms with Gasteiger partial charge in [0.15, 0.2) is 0 Å². The zero-order valence-electron chi connectivity index (χ0n) is 15.1. The number of piperidine rings is 1. The molecule has 0 saturated carbocycles. The number of carbonyl (C=O) groups excluding carboxylic acids is 3. The standard InChI is InChI=1S/C20H19ClN4O3/c21-15-6-4-14(5-7-15)13-25-18(27)20(23-19(25)28)8-11-24(12-9-20)17(26)16-3-1-2-10-22-16/h1-7,10H,8-9,11-13H2,(H,23,28). The van der Waals surface area contributed by atoms with Gasteiger partial charge in [-0.15, -0.1) is 0 Å². The Balaban J connectivity index is 1.44. The fraction of sp³-hybridized carbons (Fsp3) is 0.300. The number of hydrogen-bond acceptors (Lipinski definition) is 4. The average molecular weight is 399 g/mol. The molecule has 1 N–H and O–H groups in total. The highest BCUT2D eigenvalue weighted by Crippen LogP contribution is 2.31. The van der Waals surface area contributed by atoms with Gasteiger partial charge < -0.3 is 10.2 Å². The molecular weight excluding hydrogens is 380 g/mol. The Hall–Kier alpha value is -2.93. The van der Waals surface area contributed by atoms with Gasteiger partial charge in [0.25, 0.3) is 11.8 Å². The van der Waals surface area contributed by atoms with Crippen LogP contribution >= 0.6 is 11.6 Å². The van der Waals surface area contributed by atoms with Crippen LogP contribution in [0.25, 0.3) is 0 Å². The highest BCUT2D eigenvalue weighted by molar-refractivity contribution is 6.30. The SMILES string of the molecule is O=C(c1ccccn1)N1CCC2(CC1)NC(=O)N(Cc1ccc(Cl)cc1)C2=O. The molecule has 8 heteroatoms. The molecule has 7 nitrogen and oxygen atoms in total. The lowest BCUT2D eigenvalue weighted by Crippen LogP contribution is -2.55. The number of benzene rings is 1. The van der Waals surface area contributed by atoms with Gasteiger partial charge in [-0.3, -0.25) is 19.5 Å². The smallest absolute Gasteiger partial charge is 0.325 e. The summed E-state index contributed by atoms with van der Waals surface area (Å²) in [6.07, 6.45) is 2.34. The van der Waals surface area contributed by atoms with E-state index in [4.69, 9.17) is 11.6 Å². The highest BCUT2D eigenvalue weighted by atomic mass is 35.5. The molecule has 1 aromatic carbocycles. The number of imide groups is 1. The maximum Gasteiger partial charge on any atom is 0.325 e. The number of amides is 4. The quantitative estimate of drug-likeness (QED) is 0.805. The molecule has 3 heterocycles. The van der Waals surface area contributed by atoms with Crippen LogP contribution in [0.4, 0.5) is 4.79 Å². The first-order valence-corrected chi connectivity index (χ1v) is 9.45. The second-order valence-corrected chi connectivity index (χ2v) is 7.47. The van der Waals surface area contributed by atoms with Gasteiger partial charge in [-0.2, -0.15) is 0 Å². The number of pyridine rings is 1. The van der Waals surface area contributed by atoms with Crippen molar-refractivity contribution in [2.24, 2.45) is 0 Å². The van der Waals surface area contributed by atoms with Crippen molar-refractivity contribution in [3.8, 4) is 0 Å². The summed E-state index contributed by atoms with van der Waals surface area (Å²) in [6.45, 7) is 0.965. The van der Waals surface area contributed by atoms with Crippen LogP contribution in [0.1, 0.15) is 28.9 Å². The maximum absolute atomic E-state index is 13.0. The third kappa shape index (κ3) is 3.33. The molecule has 0 unspecified atom stereocenters. The van der Waals surface area contributed by atoms with Crippen molar-refractivity contribution in [2.75, 3.05) is 13.1 Å². The summed E-state index contributed by atoms with van der Waals surface area (Å²) in [4.78, 5) is 45.0. The van der Waals surface area contributed by atoms with Crippen LogP contribution in [0, 0.1) is 0 Å². The van der Waals surface area contributed by atoms with E-state index < -0.39 is 11.6 Å². The first-order valence-electron chi connectivity index (χ1n) is 9.07. The van der Waals surface area contributed by atoms with E-state index >= 15 is 0 Å². The minimum absolute atomic E-state index is 0.162. The molecule has 0 atom stereocenters. The minimum Gasteiger partial charge on any atom is -0.337 e. The zero-order chi connectivity index (χ0) is 19.7. The summed E-state index contributed by atoms with van der Waals surface area (Å²) in [5, 5.41) is 3.46. The Morgan fingerprint density at radius 1 is 1.11 bits per heavy atom. The number of rotatable bonds is 3. The Kier molecular flexibility index (Phi) is 4.77. The first kappa shape index (κ1) is 18.4. The van der Waals surface area contributed by atoms with E-state index in [0.717, 1.165) is 5.56 Å². The summed E-state index contributed by atoms with van der Waals surface area (Å²) >= 11 is 5.89. The molecule has 1 spiro atoms. The van der Waals surface area contributed by atoms with Crippen molar-refractivity contribution in [1.29, 1.82) is 0 Å². The van der Waals surface area contributed by atoms with Crippen molar-refractivity contribution in [2.45, 2.75) is 24.9 Å². The van der Waals surface area contributed by atoms with Crippen molar-refractivity contribution >= 4 is 29.4 Å². The second-order valence-electron chi connectivity index (χ2n) is 7.04. The fourth-order valence-corrected chi connectivity index (χ4v) is 3.80. The van der Waals surface area contributed by atoms with Crippen molar-refractivity contribution in [3.63, 3.8) is 0 Å². The fourth-order valence-electron chi connectivity index (χ4n) is 3.67. The molecule has 2 saturated heterocycles. The molecule has 4 rings (SSSR count). The number of halogens is 1. The number of nitrogens with zero attached hydrogens (tertiary/aromatic N) is 3. The van der Waals surface area contributed by atoms with Crippen LogP contribution in [-0.2, 0) is 11.3 Å². The van der Waals surface area contributed by atoms with Crippen molar-refractivity contribution in [3.05, 3.63) is 64.9 Å². The van der Waals surface area contributed by atoms with E-state index in [-0.39, 0.29) is 18.4 Å². The van der Waals surface area contributed by atoms with Crippen LogP contribution in [0.5, 0.6) is 0 Å². The molecule has 144 valence electrons. The summed E-state index contributed by atoms with van der Waals surface area (Å²) in [5.74, 6) is -0.400. The summed E-state index contributed by atoms with van der Waals surface area (Å²) < 4.78 is 0. The molecule has 4 amide bonds.